The van der Waals surface area contributed by atoms with Gasteiger partial charge in [0.25, 0.3) is 0 Å². The van der Waals surface area contributed by atoms with Crippen LogP contribution in [-0.2, 0) is 4.74 Å². The number of benzene rings is 1. The number of hydrogen-bond acceptors (Lipinski definition) is 6. The average Bonchev–Trinajstić information content (AvgIpc) is 2.57. The minimum atomic E-state index is -0.426. The minimum absolute atomic E-state index is 0. The maximum atomic E-state index is 10.3. The first-order valence-electron chi connectivity index (χ1n) is 7.95. The van der Waals surface area contributed by atoms with Gasteiger partial charge >= 0.3 is 0 Å². The monoisotopic (exact) mass is 380 g/mol. The Kier molecular flexibility index (Phi) is 8.39. The third kappa shape index (κ3) is 4.37. The number of aromatic hydroxyl groups is 3. The van der Waals surface area contributed by atoms with Crippen LogP contribution in [0.1, 0.15) is 24.4 Å². The van der Waals surface area contributed by atoms with Crippen LogP contribution in [0.4, 0.5) is 0 Å². The number of phenols is 3. The lowest BCUT2D eigenvalue weighted by Crippen LogP contribution is -2.47. The van der Waals surface area contributed by atoms with Gasteiger partial charge in [-0.25, -0.2) is 0 Å². The summed E-state index contributed by atoms with van der Waals surface area (Å²) in [7, 11) is 0. The number of hydrogen-bond donors (Lipinski definition) is 4. The molecule has 4 N–H and O–H groups in total. The van der Waals surface area contributed by atoms with Gasteiger partial charge in [0.15, 0.2) is 11.5 Å². The van der Waals surface area contributed by atoms with Crippen molar-refractivity contribution in [3.05, 3.63) is 17.7 Å². The first-order valence-corrected chi connectivity index (χ1v) is 7.95. The van der Waals surface area contributed by atoms with E-state index in [2.05, 4.69) is 10.2 Å². The molecule has 1 atom stereocenters. The van der Waals surface area contributed by atoms with E-state index < -0.39 is 5.75 Å². The van der Waals surface area contributed by atoms with Gasteiger partial charge in [-0.05, 0) is 30.9 Å². The quantitative estimate of drug-likeness (QED) is 0.600. The average molecular weight is 381 g/mol. The lowest BCUT2D eigenvalue weighted by atomic mass is 9.85. The molecular weight excluding hydrogens is 355 g/mol. The van der Waals surface area contributed by atoms with Crippen LogP contribution in [-0.4, -0.2) is 59.6 Å². The summed E-state index contributed by atoms with van der Waals surface area (Å²) in [6.45, 7) is 5.12. The van der Waals surface area contributed by atoms with Crippen LogP contribution in [0.15, 0.2) is 12.1 Å². The lowest BCUT2D eigenvalue weighted by molar-refractivity contribution is 0.0205. The molecule has 8 heteroatoms. The molecule has 0 aliphatic carbocycles. The zero-order valence-electron chi connectivity index (χ0n) is 13.5. The highest BCUT2D eigenvalue weighted by Gasteiger charge is 2.33. The molecule has 1 aromatic rings. The summed E-state index contributed by atoms with van der Waals surface area (Å²) in [5.74, 6) is -0.534. The first-order chi connectivity index (χ1) is 10.7. The van der Waals surface area contributed by atoms with E-state index >= 15 is 0 Å². The van der Waals surface area contributed by atoms with E-state index in [9.17, 15) is 15.3 Å². The number of halogens is 2. The summed E-state index contributed by atoms with van der Waals surface area (Å²) < 4.78 is 5.46. The van der Waals surface area contributed by atoms with E-state index in [1.807, 2.05) is 0 Å². The lowest BCUT2D eigenvalue weighted by Gasteiger charge is -2.41. The van der Waals surface area contributed by atoms with Crippen molar-refractivity contribution in [2.45, 2.75) is 18.9 Å². The molecule has 0 bridgehead atoms. The molecule has 0 radical (unpaired) electrons. The molecule has 1 aromatic carbocycles. The van der Waals surface area contributed by atoms with Gasteiger partial charge in [0.05, 0.1) is 0 Å². The topological polar surface area (TPSA) is 85.2 Å². The fraction of sp³-hybridized carbons (Fsp3) is 0.625. The van der Waals surface area contributed by atoms with Crippen molar-refractivity contribution in [1.82, 2.24) is 10.2 Å². The molecule has 3 rings (SSSR count). The largest absolute Gasteiger partial charge is 0.504 e. The van der Waals surface area contributed by atoms with Crippen molar-refractivity contribution >= 4 is 24.8 Å². The maximum Gasteiger partial charge on any atom is 0.200 e. The predicted molar refractivity (Wildman–Crippen MR) is 96.7 cm³/mol. The number of nitrogens with zero attached hydrogens (tertiary/aromatic N) is 1. The van der Waals surface area contributed by atoms with Gasteiger partial charge in [0, 0.05) is 51.0 Å². The third-order valence-electron chi connectivity index (χ3n) is 4.74. The second kappa shape index (κ2) is 9.53. The van der Waals surface area contributed by atoms with Crippen LogP contribution in [0.2, 0.25) is 0 Å². The molecule has 2 saturated heterocycles. The van der Waals surface area contributed by atoms with Crippen molar-refractivity contribution in [2.75, 3.05) is 39.4 Å². The van der Waals surface area contributed by atoms with E-state index in [-0.39, 0.29) is 42.4 Å². The molecule has 0 unspecified atom stereocenters. The summed E-state index contributed by atoms with van der Waals surface area (Å²) in [5, 5.41) is 33.1. The molecule has 2 aliphatic rings. The van der Waals surface area contributed by atoms with Crippen molar-refractivity contribution < 1.29 is 20.1 Å². The Bertz CT molecular complexity index is 503. The van der Waals surface area contributed by atoms with Crippen molar-refractivity contribution in [1.29, 1.82) is 0 Å². The highest BCUT2D eigenvalue weighted by molar-refractivity contribution is 5.85. The highest BCUT2D eigenvalue weighted by Crippen LogP contribution is 2.45. The van der Waals surface area contributed by atoms with Gasteiger partial charge < -0.3 is 25.4 Å². The fourth-order valence-corrected chi connectivity index (χ4v) is 3.56. The highest BCUT2D eigenvalue weighted by atomic mass is 35.5. The summed E-state index contributed by atoms with van der Waals surface area (Å²) in [4.78, 5) is 2.36. The Labute approximate surface area is 154 Å². The smallest absolute Gasteiger partial charge is 0.200 e. The Morgan fingerprint density at radius 1 is 1.00 bits per heavy atom. The summed E-state index contributed by atoms with van der Waals surface area (Å²) >= 11 is 0. The zero-order chi connectivity index (χ0) is 15.5. The van der Waals surface area contributed by atoms with Crippen LogP contribution in [0.25, 0.3) is 0 Å². The van der Waals surface area contributed by atoms with E-state index in [0.717, 1.165) is 52.2 Å². The molecule has 2 heterocycles. The third-order valence-corrected chi connectivity index (χ3v) is 4.74. The van der Waals surface area contributed by atoms with Crippen LogP contribution in [0.5, 0.6) is 17.2 Å². The van der Waals surface area contributed by atoms with Crippen molar-refractivity contribution in [2.24, 2.45) is 5.92 Å². The fourth-order valence-electron chi connectivity index (χ4n) is 3.56. The second-order valence-electron chi connectivity index (χ2n) is 6.05. The molecule has 2 aliphatic heterocycles. The number of piperazine rings is 1. The maximum absolute atomic E-state index is 10.3. The predicted octanol–water partition coefficient (Wildman–Crippen LogP) is 2.02. The molecule has 0 aromatic heterocycles. The Balaban J connectivity index is 0.00000144. The van der Waals surface area contributed by atoms with Crippen molar-refractivity contribution in [3.63, 3.8) is 0 Å². The van der Waals surface area contributed by atoms with Gasteiger partial charge in [-0.15, -0.1) is 24.8 Å². The Morgan fingerprint density at radius 3 is 2.25 bits per heavy atom. The number of rotatable bonds is 3. The van der Waals surface area contributed by atoms with Crippen molar-refractivity contribution in [3.8, 4) is 17.2 Å². The van der Waals surface area contributed by atoms with Crippen LogP contribution in [0.3, 0.4) is 0 Å². The standard InChI is InChI=1S/C16H24N2O4.2ClH/c19-13-2-1-12(15(20)16(13)21)14(11-3-9-22-10-4-11)18-7-5-17-6-8-18;;/h1-2,11,14,17,19-21H,3-10H2;2*1H/t14-;;/m1../s1. The van der Waals surface area contributed by atoms with Crippen LogP contribution >= 0.6 is 24.8 Å². The zero-order valence-corrected chi connectivity index (χ0v) is 15.1. The van der Waals surface area contributed by atoms with E-state index in [4.69, 9.17) is 4.74 Å². The Hall–Kier alpha value is -0.920. The molecule has 0 saturated carbocycles. The van der Waals surface area contributed by atoms with Gasteiger partial charge in [0.2, 0.25) is 5.75 Å². The van der Waals surface area contributed by atoms with E-state index in [0.29, 0.717) is 11.5 Å². The molecular formula is C16H26Cl2N2O4. The summed E-state index contributed by atoms with van der Waals surface area (Å²) in [6.07, 6.45) is 1.88. The van der Waals surface area contributed by atoms with E-state index in [1.54, 1.807) is 6.07 Å². The molecule has 0 spiro atoms. The molecule has 0 amide bonds. The van der Waals surface area contributed by atoms with E-state index in [1.165, 1.54) is 6.07 Å². The Morgan fingerprint density at radius 2 is 1.62 bits per heavy atom. The molecule has 2 fully saturated rings. The SMILES string of the molecule is Cl.Cl.Oc1ccc([C@@H](C2CCOCC2)N2CCNCC2)c(O)c1O. The van der Waals surface area contributed by atoms with Gasteiger partial charge in [0.1, 0.15) is 0 Å². The van der Waals surface area contributed by atoms with Gasteiger partial charge in [-0.2, -0.15) is 0 Å². The summed E-state index contributed by atoms with van der Waals surface area (Å²) in [6, 6.07) is 3.23. The molecule has 138 valence electrons. The molecule has 6 nitrogen and oxygen atoms in total. The first kappa shape index (κ1) is 21.1. The number of phenolic OH excluding ortho intramolecular Hbond substituents is 3. The normalized spacial score (nSPS) is 20.7. The summed E-state index contributed by atoms with van der Waals surface area (Å²) in [5.41, 5.74) is 0.698. The number of ether oxygens (including phenoxy) is 1. The van der Waals surface area contributed by atoms with Gasteiger partial charge in [-0.3, -0.25) is 4.90 Å². The van der Waals surface area contributed by atoms with Crippen LogP contribution in [0, 0.1) is 5.92 Å². The minimum Gasteiger partial charge on any atom is -0.504 e. The second-order valence-corrected chi connectivity index (χ2v) is 6.05. The number of nitrogens with one attached hydrogen (secondary N) is 1. The van der Waals surface area contributed by atoms with Crippen LogP contribution < -0.4 is 5.32 Å². The molecule has 24 heavy (non-hydrogen) atoms. The van der Waals surface area contributed by atoms with Gasteiger partial charge in [-0.1, -0.05) is 0 Å².